The highest BCUT2D eigenvalue weighted by Crippen LogP contribution is 2.44. The first kappa shape index (κ1) is 19.5. The fourth-order valence-electron chi connectivity index (χ4n) is 3.34. The van der Waals surface area contributed by atoms with Gasteiger partial charge in [0.15, 0.2) is 0 Å². The molecular formula is C21H38O. The standard InChI is InChI=1S/C21H38O/c1-3-4-12-16-20-18-21(20)17-14-11-9-7-5-6-8-10-13-15-19(2)22/h11,14,20-21H,3-10,12-13,15-18H2,1-2H3/b14-11-. The second kappa shape index (κ2) is 12.9. The third-order valence-electron chi connectivity index (χ3n) is 5.00. The summed E-state index contributed by atoms with van der Waals surface area (Å²) in [6.45, 7) is 3.99. The van der Waals surface area contributed by atoms with E-state index >= 15 is 0 Å². The maximum absolute atomic E-state index is 10.8. The van der Waals surface area contributed by atoms with Gasteiger partial charge in [0.05, 0.1) is 0 Å². The zero-order chi connectivity index (χ0) is 16.0. The Labute approximate surface area is 139 Å². The number of hydrogen-bond donors (Lipinski definition) is 0. The Morgan fingerprint density at radius 1 is 0.909 bits per heavy atom. The Bertz CT molecular complexity index is 305. The molecule has 1 heteroatoms. The summed E-state index contributed by atoms with van der Waals surface area (Å²) in [5.41, 5.74) is 0. The van der Waals surface area contributed by atoms with Crippen LogP contribution in [0.2, 0.25) is 0 Å². The molecule has 0 aromatic carbocycles. The van der Waals surface area contributed by atoms with Crippen LogP contribution in [0.3, 0.4) is 0 Å². The maximum atomic E-state index is 10.8. The minimum Gasteiger partial charge on any atom is -0.300 e. The van der Waals surface area contributed by atoms with E-state index in [9.17, 15) is 4.79 Å². The number of Topliss-reactive ketones (excluding diaryl/α,β-unsaturated/α-hetero) is 1. The van der Waals surface area contributed by atoms with Crippen molar-refractivity contribution in [2.45, 2.75) is 104 Å². The molecule has 0 radical (unpaired) electrons. The molecule has 0 heterocycles. The lowest BCUT2D eigenvalue weighted by molar-refractivity contribution is -0.117. The maximum Gasteiger partial charge on any atom is 0.129 e. The molecule has 1 saturated carbocycles. The molecule has 0 aromatic heterocycles. The summed E-state index contributed by atoms with van der Waals surface area (Å²) in [7, 11) is 0. The molecular weight excluding hydrogens is 268 g/mol. The van der Waals surface area contributed by atoms with Crippen molar-refractivity contribution in [2.24, 2.45) is 11.8 Å². The molecule has 1 rings (SSSR count). The Morgan fingerprint density at radius 2 is 1.64 bits per heavy atom. The van der Waals surface area contributed by atoms with Crippen molar-refractivity contribution in [2.75, 3.05) is 0 Å². The van der Waals surface area contributed by atoms with Gasteiger partial charge in [-0.25, -0.2) is 0 Å². The van der Waals surface area contributed by atoms with Crippen LogP contribution in [0, 0.1) is 11.8 Å². The van der Waals surface area contributed by atoms with E-state index in [1.54, 1.807) is 6.92 Å². The van der Waals surface area contributed by atoms with Gasteiger partial charge in [-0.1, -0.05) is 70.4 Å². The Balaban J connectivity index is 1.79. The summed E-state index contributed by atoms with van der Waals surface area (Å²) < 4.78 is 0. The van der Waals surface area contributed by atoms with Crippen molar-refractivity contribution in [3.05, 3.63) is 12.2 Å². The smallest absolute Gasteiger partial charge is 0.129 e. The zero-order valence-electron chi connectivity index (χ0n) is 15.1. The number of rotatable bonds is 15. The van der Waals surface area contributed by atoms with Crippen LogP contribution < -0.4 is 0 Å². The average Bonchev–Trinajstić information content (AvgIpc) is 3.23. The molecule has 22 heavy (non-hydrogen) atoms. The van der Waals surface area contributed by atoms with E-state index in [0.29, 0.717) is 5.78 Å². The fourth-order valence-corrected chi connectivity index (χ4v) is 3.34. The fraction of sp³-hybridized carbons (Fsp3) is 0.857. The van der Waals surface area contributed by atoms with Gasteiger partial charge in [0.25, 0.3) is 0 Å². The lowest BCUT2D eigenvalue weighted by Crippen LogP contribution is -1.89. The number of ketones is 1. The Kier molecular flexibility index (Phi) is 11.4. The second-order valence-corrected chi connectivity index (χ2v) is 7.32. The molecule has 1 fully saturated rings. The summed E-state index contributed by atoms with van der Waals surface area (Å²) >= 11 is 0. The zero-order valence-corrected chi connectivity index (χ0v) is 15.1. The second-order valence-electron chi connectivity index (χ2n) is 7.32. The summed E-state index contributed by atoms with van der Waals surface area (Å²) in [4.78, 5) is 10.8. The molecule has 0 bridgehead atoms. The van der Waals surface area contributed by atoms with Crippen LogP contribution in [0.4, 0.5) is 0 Å². The minimum absolute atomic E-state index is 0.341. The lowest BCUT2D eigenvalue weighted by atomic mass is 10.1. The van der Waals surface area contributed by atoms with Crippen LogP contribution in [0.5, 0.6) is 0 Å². The van der Waals surface area contributed by atoms with E-state index in [0.717, 1.165) is 24.7 Å². The molecule has 128 valence electrons. The summed E-state index contributed by atoms with van der Waals surface area (Å²) in [6.07, 6.45) is 23.1. The first-order valence-corrected chi connectivity index (χ1v) is 9.88. The highest BCUT2D eigenvalue weighted by molar-refractivity contribution is 5.75. The van der Waals surface area contributed by atoms with Crippen LogP contribution in [0.15, 0.2) is 12.2 Å². The monoisotopic (exact) mass is 306 g/mol. The summed E-state index contributed by atoms with van der Waals surface area (Å²) in [5.74, 6) is 2.42. The molecule has 2 unspecified atom stereocenters. The quantitative estimate of drug-likeness (QED) is 0.238. The normalized spacial score (nSPS) is 20.6. The van der Waals surface area contributed by atoms with Gasteiger partial charge in [-0.2, -0.15) is 0 Å². The first-order valence-electron chi connectivity index (χ1n) is 9.88. The highest BCUT2D eigenvalue weighted by Gasteiger charge is 2.34. The first-order chi connectivity index (χ1) is 10.7. The van der Waals surface area contributed by atoms with Crippen LogP contribution in [-0.2, 0) is 4.79 Å². The Hall–Kier alpha value is -0.590. The minimum atomic E-state index is 0.341. The van der Waals surface area contributed by atoms with Crippen LogP contribution in [0.25, 0.3) is 0 Å². The van der Waals surface area contributed by atoms with Gasteiger partial charge < -0.3 is 4.79 Å². The van der Waals surface area contributed by atoms with Crippen molar-refractivity contribution in [3.63, 3.8) is 0 Å². The number of hydrogen-bond acceptors (Lipinski definition) is 1. The number of carbonyl (C=O) groups is 1. The van der Waals surface area contributed by atoms with Crippen molar-refractivity contribution >= 4 is 5.78 Å². The average molecular weight is 307 g/mol. The molecule has 1 aliphatic carbocycles. The number of carbonyl (C=O) groups excluding carboxylic acids is 1. The van der Waals surface area contributed by atoms with E-state index in [2.05, 4.69) is 19.1 Å². The predicted octanol–water partition coefficient (Wildman–Crippen LogP) is 6.86. The van der Waals surface area contributed by atoms with E-state index in [4.69, 9.17) is 0 Å². The number of allylic oxidation sites excluding steroid dienone is 2. The molecule has 0 saturated heterocycles. The molecule has 0 N–H and O–H groups in total. The van der Waals surface area contributed by atoms with E-state index in [-0.39, 0.29) is 0 Å². The van der Waals surface area contributed by atoms with Gasteiger partial charge in [-0.3, -0.25) is 0 Å². The van der Waals surface area contributed by atoms with E-state index in [1.165, 1.54) is 77.0 Å². The molecule has 0 amide bonds. The van der Waals surface area contributed by atoms with Gasteiger partial charge in [0.2, 0.25) is 0 Å². The molecule has 0 aromatic rings. The van der Waals surface area contributed by atoms with Gasteiger partial charge in [-0.15, -0.1) is 0 Å². The molecule has 1 aliphatic rings. The predicted molar refractivity (Wildman–Crippen MR) is 97.1 cm³/mol. The van der Waals surface area contributed by atoms with Crippen molar-refractivity contribution in [3.8, 4) is 0 Å². The summed E-state index contributed by atoms with van der Waals surface area (Å²) in [5, 5.41) is 0. The number of unbranched alkanes of at least 4 members (excludes halogenated alkanes) is 8. The molecule has 0 spiro atoms. The largest absolute Gasteiger partial charge is 0.300 e. The highest BCUT2D eigenvalue weighted by atomic mass is 16.1. The van der Waals surface area contributed by atoms with Crippen LogP contribution in [0.1, 0.15) is 104 Å². The van der Waals surface area contributed by atoms with Crippen molar-refractivity contribution in [1.29, 1.82) is 0 Å². The van der Waals surface area contributed by atoms with E-state index in [1.807, 2.05) is 0 Å². The SMILES string of the molecule is CCCCCC1CC1C/C=C\CCCCCCCCC(C)=O. The van der Waals surface area contributed by atoms with Gasteiger partial charge in [0.1, 0.15) is 5.78 Å². The van der Waals surface area contributed by atoms with Crippen LogP contribution >= 0.6 is 0 Å². The lowest BCUT2D eigenvalue weighted by Gasteiger charge is -2.00. The van der Waals surface area contributed by atoms with E-state index < -0.39 is 0 Å². The van der Waals surface area contributed by atoms with Crippen molar-refractivity contribution < 1.29 is 4.79 Å². The molecule has 2 atom stereocenters. The Morgan fingerprint density at radius 3 is 2.36 bits per heavy atom. The molecule has 0 aliphatic heterocycles. The van der Waals surface area contributed by atoms with Gasteiger partial charge in [-0.05, 0) is 50.9 Å². The third kappa shape index (κ3) is 11.0. The van der Waals surface area contributed by atoms with Gasteiger partial charge >= 0.3 is 0 Å². The molecule has 1 nitrogen and oxygen atoms in total. The van der Waals surface area contributed by atoms with Crippen LogP contribution in [-0.4, -0.2) is 5.78 Å². The van der Waals surface area contributed by atoms with Crippen molar-refractivity contribution in [1.82, 2.24) is 0 Å². The third-order valence-corrected chi connectivity index (χ3v) is 5.00. The topological polar surface area (TPSA) is 17.1 Å². The summed E-state index contributed by atoms with van der Waals surface area (Å²) in [6, 6.07) is 0. The van der Waals surface area contributed by atoms with Gasteiger partial charge in [0, 0.05) is 6.42 Å².